The van der Waals surface area contributed by atoms with E-state index in [1.165, 1.54) is 5.56 Å². The predicted octanol–water partition coefficient (Wildman–Crippen LogP) is 3.47. The lowest BCUT2D eigenvalue weighted by molar-refractivity contribution is -0.496. The molecular weight excluding hydrogens is 350 g/mol. The van der Waals surface area contributed by atoms with E-state index in [1.54, 1.807) is 12.1 Å². The summed E-state index contributed by atoms with van der Waals surface area (Å²) in [5.41, 5.74) is 4.70. The van der Waals surface area contributed by atoms with Gasteiger partial charge in [0.25, 0.3) is 0 Å². The molecule has 4 rings (SSSR count). The minimum absolute atomic E-state index is 0.284. The van der Waals surface area contributed by atoms with E-state index in [4.69, 9.17) is 4.42 Å². The molecule has 4 heteroatoms. The van der Waals surface area contributed by atoms with E-state index in [9.17, 15) is 9.90 Å². The van der Waals surface area contributed by atoms with Crippen molar-refractivity contribution >= 4 is 16.9 Å². The molecule has 4 nitrogen and oxygen atoms in total. The Balaban J connectivity index is 2.16. The molecule has 0 amide bonds. The second kappa shape index (κ2) is 7.31. The van der Waals surface area contributed by atoms with Crippen molar-refractivity contribution in [3.63, 3.8) is 0 Å². The highest BCUT2D eigenvalue weighted by molar-refractivity contribution is 6.07. The number of hydrogen-bond acceptors (Lipinski definition) is 2. The third kappa shape index (κ3) is 3.07. The first kappa shape index (κ1) is 18.0. The van der Waals surface area contributed by atoms with E-state index in [-0.39, 0.29) is 5.56 Å². The maximum Gasteiger partial charge on any atom is 0.336 e. The number of carboxylic acid groups (broad SMARTS) is 1. The van der Waals surface area contributed by atoms with Crippen LogP contribution in [-0.2, 0) is 6.42 Å². The smallest absolute Gasteiger partial charge is 0.336 e. The zero-order valence-corrected chi connectivity index (χ0v) is 16.0. The second-order valence-corrected chi connectivity index (χ2v) is 6.75. The Kier molecular flexibility index (Phi) is 4.70. The molecule has 2 N–H and O–H groups in total. The first-order chi connectivity index (χ1) is 13.6. The van der Waals surface area contributed by atoms with Crippen LogP contribution in [0.3, 0.4) is 0 Å². The Morgan fingerprint density at radius 1 is 1.00 bits per heavy atom. The molecule has 2 aromatic rings. The minimum Gasteiger partial charge on any atom is -0.478 e. The highest BCUT2D eigenvalue weighted by Gasteiger charge is 2.21. The molecule has 0 radical (unpaired) electrons. The average molecular weight is 372 g/mol. The van der Waals surface area contributed by atoms with Crippen LogP contribution in [0.25, 0.3) is 33.4 Å². The number of aromatic carboxylic acids is 1. The highest BCUT2D eigenvalue weighted by Crippen LogP contribution is 2.41. The van der Waals surface area contributed by atoms with E-state index in [1.807, 2.05) is 49.4 Å². The molecule has 0 unspecified atom stereocenters. The summed E-state index contributed by atoms with van der Waals surface area (Å²) in [6.45, 7) is 4.96. The first-order valence-electron chi connectivity index (χ1n) is 9.51. The van der Waals surface area contributed by atoms with Crippen molar-refractivity contribution in [3.8, 4) is 22.5 Å². The van der Waals surface area contributed by atoms with Gasteiger partial charge in [0.2, 0.25) is 5.36 Å². The molecule has 0 saturated carbocycles. The number of rotatable bonds is 4. The maximum atomic E-state index is 11.9. The lowest BCUT2D eigenvalue weighted by atomic mass is 9.90. The number of fused-ring (bicyclic) bond motifs is 2. The third-order valence-corrected chi connectivity index (χ3v) is 5.00. The lowest BCUT2D eigenvalue weighted by Crippen LogP contribution is -2.75. The Morgan fingerprint density at radius 3 is 2.57 bits per heavy atom. The summed E-state index contributed by atoms with van der Waals surface area (Å²) in [5, 5.41) is 11.6. The van der Waals surface area contributed by atoms with Gasteiger partial charge in [0.05, 0.1) is 11.6 Å². The summed E-state index contributed by atoms with van der Waals surface area (Å²) in [6, 6.07) is 19.3. The van der Waals surface area contributed by atoms with Crippen molar-refractivity contribution in [2.45, 2.75) is 20.3 Å². The van der Waals surface area contributed by atoms with Gasteiger partial charge in [-0.05, 0) is 42.7 Å². The van der Waals surface area contributed by atoms with Crippen molar-refractivity contribution in [3.05, 3.63) is 77.1 Å². The van der Waals surface area contributed by atoms with Crippen LogP contribution in [0.4, 0.5) is 0 Å². The summed E-state index contributed by atoms with van der Waals surface area (Å²) < 4.78 is 6.25. The normalized spacial score (nSPS) is 12.0. The summed E-state index contributed by atoms with van der Waals surface area (Å²) in [7, 11) is 0. The van der Waals surface area contributed by atoms with Gasteiger partial charge in [-0.3, -0.25) is 0 Å². The topological polar surface area (TPSA) is 64.4 Å². The number of nitrogens with one attached hydrogen (secondary N) is 1. The standard InChI is InChI=1S/C24H21NO3/c1-3-15-9-11-19-21(13-15)28-22-14-16(25-4-2)10-12-20(22)23(19)17-7-5-6-8-18(17)24(26)27/h5-14H,3-4H2,1-2H3,(H,26,27)/p+1. The molecule has 2 aromatic carbocycles. The third-order valence-electron chi connectivity index (χ3n) is 5.00. The summed E-state index contributed by atoms with van der Waals surface area (Å²) in [4.78, 5) is 15.2. The Hall–Kier alpha value is -3.40. The fraction of sp³-hybridized carbons (Fsp3) is 0.167. The maximum absolute atomic E-state index is 11.9. The van der Waals surface area contributed by atoms with Crippen LogP contribution in [0, 0.1) is 0 Å². The van der Waals surface area contributed by atoms with Crippen LogP contribution in [0.5, 0.6) is 0 Å². The van der Waals surface area contributed by atoms with E-state index in [0.29, 0.717) is 5.56 Å². The van der Waals surface area contributed by atoms with Gasteiger partial charge in [-0.15, -0.1) is 0 Å². The zero-order chi connectivity index (χ0) is 19.7. The van der Waals surface area contributed by atoms with E-state index < -0.39 is 5.97 Å². The van der Waals surface area contributed by atoms with Crippen molar-refractivity contribution in [2.24, 2.45) is 0 Å². The zero-order valence-electron chi connectivity index (χ0n) is 16.0. The molecule has 0 fully saturated rings. The molecule has 0 saturated heterocycles. The van der Waals surface area contributed by atoms with E-state index in [2.05, 4.69) is 18.0 Å². The van der Waals surface area contributed by atoms with Gasteiger partial charge >= 0.3 is 5.97 Å². The van der Waals surface area contributed by atoms with Gasteiger partial charge in [0, 0.05) is 22.6 Å². The molecule has 28 heavy (non-hydrogen) atoms. The van der Waals surface area contributed by atoms with E-state index in [0.717, 1.165) is 46.2 Å². The Morgan fingerprint density at radius 2 is 1.82 bits per heavy atom. The lowest BCUT2D eigenvalue weighted by Gasteiger charge is -2.16. The number of carbonyl (C=O) groups is 1. The Labute approximate surface area is 163 Å². The molecule has 0 atom stereocenters. The van der Waals surface area contributed by atoms with Gasteiger partial charge in [-0.2, -0.15) is 0 Å². The molecule has 0 aromatic heterocycles. The summed E-state index contributed by atoms with van der Waals surface area (Å²) in [6.07, 6.45) is 0.905. The van der Waals surface area contributed by atoms with Crippen LogP contribution in [0.1, 0.15) is 29.8 Å². The van der Waals surface area contributed by atoms with Gasteiger partial charge in [0.15, 0.2) is 0 Å². The Bertz CT molecular complexity index is 1220. The number of carboxylic acids is 1. The highest BCUT2D eigenvalue weighted by atomic mass is 16.4. The van der Waals surface area contributed by atoms with Crippen LogP contribution in [-0.4, -0.2) is 17.6 Å². The molecule has 1 aliphatic carbocycles. The molecule has 1 aliphatic heterocycles. The fourth-order valence-electron chi connectivity index (χ4n) is 3.65. The van der Waals surface area contributed by atoms with Crippen molar-refractivity contribution in [2.75, 3.05) is 6.54 Å². The van der Waals surface area contributed by atoms with Gasteiger partial charge in [0.1, 0.15) is 17.9 Å². The van der Waals surface area contributed by atoms with Crippen LogP contribution >= 0.6 is 0 Å². The van der Waals surface area contributed by atoms with Crippen molar-refractivity contribution in [1.82, 2.24) is 0 Å². The van der Waals surface area contributed by atoms with Crippen LogP contribution in [0.2, 0.25) is 0 Å². The molecule has 0 bridgehead atoms. The second-order valence-electron chi connectivity index (χ2n) is 6.75. The molecule has 0 spiro atoms. The molecular formula is C24H22NO3+. The molecule has 1 heterocycles. The first-order valence-corrected chi connectivity index (χ1v) is 9.51. The number of benzene rings is 3. The number of hydrogen-bond donors (Lipinski definition) is 2. The van der Waals surface area contributed by atoms with Crippen molar-refractivity contribution < 1.29 is 19.3 Å². The quantitative estimate of drug-likeness (QED) is 0.539. The monoisotopic (exact) mass is 372 g/mol. The predicted molar refractivity (Wildman–Crippen MR) is 109 cm³/mol. The summed E-state index contributed by atoms with van der Waals surface area (Å²) in [5.74, 6) is -0.207. The largest absolute Gasteiger partial charge is 0.478 e. The molecule has 140 valence electrons. The number of aryl methyl sites for hydroxylation is 1. The van der Waals surface area contributed by atoms with E-state index >= 15 is 0 Å². The van der Waals surface area contributed by atoms with Gasteiger partial charge in [-0.25, -0.2) is 9.79 Å². The average Bonchev–Trinajstić information content (AvgIpc) is 2.71. The summed E-state index contributed by atoms with van der Waals surface area (Å²) >= 11 is 0. The minimum atomic E-state index is -0.938. The van der Waals surface area contributed by atoms with Crippen molar-refractivity contribution in [1.29, 1.82) is 0 Å². The fourth-order valence-corrected chi connectivity index (χ4v) is 3.65. The van der Waals surface area contributed by atoms with Crippen LogP contribution < -0.4 is 10.3 Å². The van der Waals surface area contributed by atoms with Gasteiger partial charge < -0.3 is 9.52 Å². The van der Waals surface area contributed by atoms with Crippen LogP contribution in [0.15, 0.2) is 65.1 Å². The van der Waals surface area contributed by atoms with Gasteiger partial charge in [-0.1, -0.05) is 37.3 Å². The SMILES string of the molecule is CC[NH+]=c1ccc2c(-c3ccccc3C(=O)O)c3ccc(CC)cc3oc-2c1. The molecule has 2 aliphatic rings.